The number of nitrogens with two attached hydrogens (primary N) is 1. The molecule has 0 radical (unpaired) electrons. The highest BCUT2D eigenvalue weighted by Crippen LogP contribution is 2.10. The molecule has 0 bridgehead atoms. The molecule has 0 aromatic rings. The van der Waals surface area contributed by atoms with Crippen molar-refractivity contribution in [1.29, 1.82) is 0 Å². The predicted octanol–water partition coefficient (Wildman–Crippen LogP) is 3.37. The van der Waals surface area contributed by atoms with Crippen molar-refractivity contribution in [3.8, 4) is 0 Å². The molecule has 0 aromatic heterocycles. The molecule has 5 N–H and O–H groups in total. The summed E-state index contributed by atoms with van der Waals surface area (Å²) in [6.45, 7) is 3.20. The molecule has 0 unspecified atom stereocenters. The zero-order chi connectivity index (χ0) is 15.6. The first-order valence-electron chi connectivity index (χ1n) is 7.39. The zero-order valence-electron chi connectivity index (χ0n) is 12.5. The molecule has 0 saturated heterocycles. The summed E-state index contributed by atoms with van der Waals surface area (Å²) in [4.78, 5) is 14.2. The first-order valence-corrected chi connectivity index (χ1v) is 8.96. The van der Waals surface area contributed by atoms with Crippen LogP contribution in [0.4, 0.5) is 0 Å². The SMILES string of the molecule is CCCCCCCCCCCCNC(N)=S.O=[P+](O)O. The molecule has 5 nitrogen and oxygen atoms in total. The topological polar surface area (TPSA) is 95.6 Å². The molecule has 0 aliphatic heterocycles. The highest BCUT2D eigenvalue weighted by molar-refractivity contribution is 7.80. The predicted molar refractivity (Wildman–Crippen MR) is 88.7 cm³/mol. The molecule has 7 heteroatoms. The van der Waals surface area contributed by atoms with Crippen molar-refractivity contribution in [3.05, 3.63) is 0 Å². The van der Waals surface area contributed by atoms with Crippen molar-refractivity contribution in [2.45, 2.75) is 71.1 Å². The molecule has 0 atom stereocenters. The Morgan fingerprint density at radius 1 is 1.00 bits per heavy atom. The van der Waals surface area contributed by atoms with E-state index >= 15 is 0 Å². The van der Waals surface area contributed by atoms with E-state index in [9.17, 15) is 0 Å². The van der Waals surface area contributed by atoms with E-state index in [2.05, 4.69) is 12.2 Å². The molecule has 0 rings (SSSR count). The summed E-state index contributed by atoms with van der Waals surface area (Å²) in [6, 6.07) is 0. The second-order valence-corrected chi connectivity index (χ2v) is 5.67. The van der Waals surface area contributed by atoms with Gasteiger partial charge in [-0.05, 0) is 18.6 Å². The van der Waals surface area contributed by atoms with Crippen molar-refractivity contribution in [1.82, 2.24) is 5.32 Å². The average molecular weight is 325 g/mol. The van der Waals surface area contributed by atoms with E-state index in [1.165, 1.54) is 64.2 Å². The number of hydrogen-bond acceptors (Lipinski definition) is 2. The maximum absolute atomic E-state index is 8.70. The van der Waals surface area contributed by atoms with E-state index in [-0.39, 0.29) is 0 Å². The summed E-state index contributed by atoms with van der Waals surface area (Å²) < 4.78 is 8.70. The molecule has 0 aliphatic carbocycles. The number of nitrogens with one attached hydrogen (secondary N) is 1. The lowest BCUT2D eigenvalue weighted by Crippen LogP contribution is -2.29. The molecule has 0 saturated carbocycles. The van der Waals surface area contributed by atoms with Gasteiger partial charge in [-0.1, -0.05) is 64.7 Å². The zero-order valence-corrected chi connectivity index (χ0v) is 14.2. The van der Waals surface area contributed by atoms with E-state index in [0.717, 1.165) is 6.54 Å². The Morgan fingerprint density at radius 2 is 1.35 bits per heavy atom. The number of thiocarbonyl (C=S) groups is 1. The molecule has 0 amide bonds. The Hall–Kier alpha value is -0.290. The first-order chi connectivity index (χ1) is 9.50. The second kappa shape index (κ2) is 18.7. The van der Waals surface area contributed by atoms with Crippen LogP contribution in [0.25, 0.3) is 0 Å². The van der Waals surface area contributed by atoms with Gasteiger partial charge in [-0.2, -0.15) is 0 Å². The van der Waals surface area contributed by atoms with E-state index in [0.29, 0.717) is 5.11 Å². The quantitative estimate of drug-likeness (QED) is 0.264. The number of rotatable bonds is 11. The van der Waals surface area contributed by atoms with Gasteiger partial charge in [0.25, 0.3) is 0 Å². The fourth-order valence-corrected chi connectivity index (χ4v) is 1.93. The minimum Gasteiger partial charge on any atom is -0.376 e. The molecule has 20 heavy (non-hydrogen) atoms. The van der Waals surface area contributed by atoms with Crippen molar-refractivity contribution >= 4 is 25.6 Å². The van der Waals surface area contributed by atoms with Crippen LogP contribution in [0.2, 0.25) is 0 Å². The van der Waals surface area contributed by atoms with Crippen LogP contribution in [0.15, 0.2) is 0 Å². The average Bonchev–Trinajstić information content (AvgIpc) is 2.35. The molecule has 0 heterocycles. The Balaban J connectivity index is 0. The third-order valence-electron chi connectivity index (χ3n) is 2.83. The third kappa shape index (κ3) is 30.6. The van der Waals surface area contributed by atoms with Gasteiger partial charge in [0.15, 0.2) is 5.11 Å². The fourth-order valence-electron chi connectivity index (χ4n) is 1.82. The fraction of sp³-hybridized carbons (Fsp3) is 0.923. The maximum atomic E-state index is 8.70. The van der Waals surface area contributed by atoms with Crippen molar-refractivity contribution in [2.24, 2.45) is 5.73 Å². The van der Waals surface area contributed by atoms with Gasteiger partial charge in [0.2, 0.25) is 0 Å². The third-order valence-corrected chi connectivity index (χ3v) is 2.97. The van der Waals surface area contributed by atoms with Gasteiger partial charge in [0.1, 0.15) is 0 Å². The summed E-state index contributed by atoms with van der Waals surface area (Å²) in [5.74, 6) is 0. The highest BCUT2D eigenvalue weighted by atomic mass is 32.1. The standard InChI is InChI=1S/C13H28N2S.HO3P/c1-2-3-4-5-6-7-8-9-10-11-12-15-13(14)16;1-4(2)3/h2-12H2,1H3,(H3,14,15,16);(H-,1,2,3)/p+1. The maximum Gasteiger partial charge on any atom is 0.692 e. The van der Waals surface area contributed by atoms with Gasteiger partial charge < -0.3 is 11.1 Å². The molecular weight excluding hydrogens is 295 g/mol. The summed E-state index contributed by atoms with van der Waals surface area (Å²) in [6.07, 6.45) is 13.7. The molecule has 0 aliphatic rings. The lowest BCUT2D eigenvalue weighted by Gasteiger charge is -2.03. The molecule has 120 valence electrons. The summed E-state index contributed by atoms with van der Waals surface area (Å²) in [5.41, 5.74) is 5.33. The van der Waals surface area contributed by atoms with Crippen LogP contribution in [-0.2, 0) is 4.57 Å². The summed E-state index contributed by atoms with van der Waals surface area (Å²) in [7, 11) is -2.87. The normalized spacial score (nSPS) is 9.55. The van der Waals surface area contributed by atoms with Crippen LogP contribution in [-0.4, -0.2) is 21.4 Å². The van der Waals surface area contributed by atoms with Crippen LogP contribution < -0.4 is 11.1 Å². The highest BCUT2D eigenvalue weighted by Gasteiger charge is 1.93. The van der Waals surface area contributed by atoms with Crippen molar-refractivity contribution < 1.29 is 14.4 Å². The van der Waals surface area contributed by atoms with Crippen molar-refractivity contribution in [2.75, 3.05) is 6.54 Å². The Bertz CT molecular complexity index is 240. The largest absolute Gasteiger partial charge is 0.692 e. The van der Waals surface area contributed by atoms with Gasteiger partial charge in [-0.15, -0.1) is 9.79 Å². The van der Waals surface area contributed by atoms with Gasteiger partial charge in [-0.3, -0.25) is 0 Å². The minimum atomic E-state index is -2.87. The van der Waals surface area contributed by atoms with Gasteiger partial charge in [0.05, 0.1) is 0 Å². The number of unbranched alkanes of at least 4 members (excludes halogenated alkanes) is 9. The van der Waals surface area contributed by atoms with Gasteiger partial charge in [0, 0.05) is 11.1 Å². The molecule has 0 fully saturated rings. The van der Waals surface area contributed by atoms with E-state index < -0.39 is 8.25 Å². The minimum absolute atomic E-state index is 0.427. The Labute approximate surface area is 129 Å². The summed E-state index contributed by atoms with van der Waals surface area (Å²) in [5, 5.41) is 3.41. The lowest BCUT2D eigenvalue weighted by molar-refractivity contribution is 0.405. The molecule has 0 spiro atoms. The number of hydrogen-bond donors (Lipinski definition) is 4. The first kappa shape index (κ1) is 22.0. The Morgan fingerprint density at radius 3 is 1.70 bits per heavy atom. The van der Waals surface area contributed by atoms with Crippen LogP contribution >= 0.6 is 20.5 Å². The van der Waals surface area contributed by atoms with E-state index in [1.54, 1.807) is 0 Å². The lowest BCUT2D eigenvalue weighted by atomic mass is 10.1. The van der Waals surface area contributed by atoms with Crippen LogP contribution in [0, 0.1) is 0 Å². The smallest absolute Gasteiger partial charge is 0.376 e. The van der Waals surface area contributed by atoms with Crippen LogP contribution in [0.3, 0.4) is 0 Å². The van der Waals surface area contributed by atoms with E-state index in [1.807, 2.05) is 0 Å². The molecule has 0 aromatic carbocycles. The Kier molecular flexibility index (Phi) is 20.6. The summed E-state index contributed by atoms with van der Waals surface area (Å²) >= 11 is 4.73. The van der Waals surface area contributed by atoms with Gasteiger partial charge >= 0.3 is 8.25 Å². The second-order valence-electron chi connectivity index (χ2n) is 4.73. The van der Waals surface area contributed by atoms with Crippen LogP contribution in [0.5, 0.6) is 0 Å². The van der Waals surface area contributed by atoms with Crippen molar-refractivity contribution in [3.63, 3.8) is 0 Å². The molecular formula is C13H30N2O3PS+. The van der Waals surface area contributed by atoms with E-state index in [4.69, 9.17) is 32.3 Å². The van der Waals surface area contributed by atoms with Gasteiger partial charge in [-0.25, -0.2) is 0 Å². The van der Waals surface area contributed by atoms with Crippen LogP contribution in [0.1, 0.15) is 71.1 Å². The monoisotopic (exact) mass is 325 g/mol.